The maximum Gasteiger partial charge on any atom is 0.329 e. The van der Waals surface area contributed by atoms with E-state index in [1.165, 1.54) is 4.90 Å². The summed E-state index contributed by atoms with van der Waals surface area (Å²) in [6.45, 7) is 4.28. The standard InChI is InChI=1S/C12H18N2O3/c1-3-4-5-8-13-11(17)14-9-6-7-12(14,2)10(15)16/h5-9H2,1-2H3,(H,13,17)(H,15,16). The Labute approximate surface area is 101 Å². The molecule has 1 aliphatic heterocycles. The summed E-state index contributed by atoms with van der Waals surface area (Å²) >= 11 is 0. The van der Waals surface area contributed by atoms with Gasteiger partial charge in [-0.15, -0.1) is 11.8 Å². The molecule has 1 unspecified atom stereocenters. The van der Waals surface area contributed by atoms with Crippen molar-refractivity contribution in [2.45, 2.75) is 38.6 Å². The fourth-order valence-corrected chi connectivity index (χ4v) is 1.96. The van der Waals surface area contributed by atoms with Gasteiger partial charge in [-0.05, 0) is 26.7 Å². The maximum atomic E-state index is 11.8. The highest BCUT2D eigenvalue weighted by atomic mass is 16.4. The summed E-state index contributed by atoms with van der Waals surface area (Å²) in [5.41, 5.74) is -1.07. The SMILES string of the molecule is CC#CCCNC(=O)N1CCCC1(C)C(=O)O. The number of likely N-dealkylation sites (tertiary alicyclic amines) is 1. The Morgan fingerprint density at radius 2 is 2.24 bits per heavy atom. The number of aliphatic carboxylic acids is 1. The summed E-state index contributed by atoms with van der Waals surface area (Å²) in [6, 6.07) is -0.315. The molecule has 5 nitrogen and oxygen atoms in total. The summed E-state index contributed by atoms with van der Waals surface area (Å²) < 4.78 is 0. The van der Waals surface area contributed by atoms with Crippen molar-refractivity contribution in [3.63, 3.8) is 0 Å². The summed E-state index contributed by atoms with van der Waals surface area (Å²) in [7, 11) is 0. The van der Waals surface area contributed by atoms with Crippen LogP contribution in [0.15, 0.2) is 0 Å². The van der Waals surface area contributed by atoms with Gasteiger partial charge >= 0.3 is 12.0 Å². The Hall–Kier alpha value is -1.70. The van der Waals surface area contributed by atoms with Crippen LogP contribution in [0, 0.1) is 11.8 Å². The molecule has 1 rings (SSSR count). The normalized spacial score (nSPS) is 22.8. The van der Waals surface area contributed by atoms with Crippen LogP contribution in [0.5, 0.6) is 0 Å². The lowest BCUT2D eigenvalue weighted by atomic mass is 10.00. The van der Waals surface area contributed by atoms with Crippen LogP contribution < -0.4 is 5.32 Å². The van der Waals surface area contributed by atoms with Crippen molar-refractivity contribution in [3.8, 4) is 11.8 Å². The number of hydrogen-bond donors (Lipinski definition) is 2. The van der Waals surface area contributed by atoms with Crippen molar-refractivity contribution < 1.29 is 14.7 Å². The first-order valence-corrected chi connectivity index (χ1v) is 5.71. The van der Waals surface area contributed by atoms with E-state index < -0.39 is 11.5 Å². The first-order valence-electron chi connectivity index (χ1n) is 5.71. The van der Waals surface area contributed by atoms with E-state index in [0.717, 1.165) is 6.42 Å². The van der Waals surface area contributed by atoms with Gasteiger partial charge in [-0.25, -0.2) is 9.59 Å². The first kappa shape index (κ1) is 13.4. The van der Waals surface area contributed by atoms with Crippen molar-refractivity contribution in [1.29, 1.82) is 0 Å². The van der Waals surface area contributed by atoms with Gasteiger partial charge in [0.05, 0.1) is 0 Å². The minimum Gasteiger partial charge on any atom is -0.480 e. The van der Waals surface area contributed by atoms with Crippen molar-refractivity contribution in [1.82, 2.24) is 10.2 Å². The molecule has 1 heterocycles. The molecule has 0 aromatic heterocycles. The fourth-order valence-electron chi connectivity index (χ4n) is 1.96. The first-order chi connectivity index (χ1) is 8.02. The second-order valence-corrected chi connectivity index (χ2v) is 4.24. The zero-order valence-corrected chi connectivity index (χ0v) is 10.2. The van der Waals surface area contributed by atoms with Crippen molar-refractivity contribution >= 4 is 12.0 Å². The lowest BCUT2D eigenvalue weighted by Gasteiger charge is -2.31. The molecule has 0 aliphatic carbocycles. The predicted octanol–water partition coefficient (Wildman–Crippen LogP) is 1.05. The quantitative estimate of drug-likeness (QED) is 0.570. The molecule has 17 heavy (non-hydrogen) atoms. The van der Waals surface area contributed by atoms with Crippen LogP contribution in [0.4, 0.5) is 4.79 Å². The number of carbonyl (C=O) groups is 2. The average molecular weight is 238 g/mol. The van der Waals surface area contributed by atoms with Gasteiger partial charge < -0.3 is 15.3 Å². The third kappa shape index (κ3) is 2.90. The maximum absolute atomic E-state index is 11.8. The van der Waals surface area contributed by atoms with Crippen LogP contribution >= 0.6 is 0 Å². The summed E-state index contributed by atoms with van der Waals surface area (Å²) in [4.78, 5) is 24.4. The third-order valence-corrected chi connectivity index (χ3v) is 3.05. The van der Waals surface area contributed by atoms with Crippen LogP contribution in [0.25, 0.3) is 0 Å². The van der Waals surface area contributed by atoms with Gasteiger partial charge in [0.25, 0.3) is 0 Å². The molecule has 0 aromatic carbocycles. The molecule has 5 heteroatoms. The van der Waals surface area contributed by atoms with Gasteiger partial charge in [0.1, 0.15) is 5.54 Å². The van der Waals surface area contributed by atoms with Gasteiger partial charge in [-0.1, -0.05) is 0 Å². The molecule has 1 atom stereocenters. The number of rotatable bonds is 3. The second-order valence-electron chi connectivity index (χ2n) is 4.24. The third-order valence-electron chi connectivity index (χ3n) is 3.05. The number of amides is 2. The van der Waals surface area contributed by atoms with Gasteiger partial charge in [0.15, 0.2) is 0 Å². The lowest BCUT2D eigenvalue weighted by molar-refractivity contribution is -0.147. The van der Waals surface area contributed by atoms with Crippen LogP contribution in [0.2, 0.25) is 0 Å². The smallest absolute Gasteiger partial charge is 0.329 e. The second kappa shape index (κ2) is 5.58. The van der Waals surface area contributed by atoms with E-state index in [1.807, 2.05) is 0 Å². The van der Waals surface area contributed by atoms with Gasteiger partial charge in [-0.2, -0.15) is 0 Å². The molecule has 0 radical (unpaired) electrons. The molecule has 2 amide bonds. The molecule has 1 saturated heterocycles. The predicted molar refractivity (Wildman–Crippen MR) is 63.4 cm³/mol. The minimum absolute atomic E-state index is 0.315. The Morgan fingerprint density at radius 1 is 1.53 bits per heavy atom. The van der Waals surface area contributed by atoms with Crippen LogP contribution in [-0.2, 0) is 4.79 Å². The van der Waals surface area contributed by atoms with E-state index in [-0.39, 0.29) is 6.03 Å². The van der Waals surface area contributed by atoms with Crippen molar-refractivity contribution in [3.05, 3.63) is 0 Å². The van der Waals surface area contributed by atoms with Gasteiger partial charge in [0.2, 0.25) is 0 Å². The highest BCUT2D eigenvalue weighted by molar-refractivity contribution is 5.86. The minimum atomic E-state index is -1.07. The van der Waals surface area contributed by atoms with Gasteiger partial charge in [0, 0.05) is 19.5 Å². The Balaban J connectivity index is 2.55. The van der Waals surface area contributed by atoms with E-state index in [4.69, 9.17) is 5.11 Å². The number of hydrogen-bond acceptors (Lipinski definition) is 2. The van der Waals surface area contributed by atoms with Crippen molar-refractivity contribution in [2.75, 3.05) is 13.1 Å². The van der Waals surface area contributed by atoms with Crippen LogP contribution in [0.1, 0.15) is 33.1 Å². The van der Waals surface area contributed by atoms with E-state index in [9.17, 15) is 9.59 Å². The van der Waals surface area contributed by atoms with Crippen molar-refractivity contribution in [2.24, 2.45) is 0 Å². The molecular weight excluding hydrogens is 220 g/mol. The molecular formula is C12H18N2O3. The highest BCUT2D eigenvalue weighted by Gasteiger charge is 2.45. The molecule has 0 saturated carbocycles. The van der Waals surface area contributed by atoms with Crippen LogP contribution in [-0.4, -0.2) is 40.6 Å². The van der Waals surface area contributed by atoms with Gasteiger partial charge in [-0.3, -0.25) is 0 Å². The van der Waals surface area contributed by atoms with Crippen LogP contribution in [0.3, 0.4) is 0 Å². The average Bonchev–Trinajstić information content (AvgIpc) is 2.68. The van der Waals surface area contributed by atoms with E-state index in [1.54, 1.807) is 13.8 Å². The number of urea groups is 1. The summed E-state index contributed by atoms with van der Waals surface area (Å²) in [5, 5.41) is 11.8. The summed E-state index contributed by atoms with van der Waals surface area (Å²) in [6.07, 6.45) is 1.81. The van der Waals surface area contributed by atoms with E-state index in [0.29, 0.717) is 25.9 Å². The Morgan fingerprint density at radius 3 is 2.82 bits per heavy atom. The molecule has 0 spiro atoms. The fraction of sp³-hybridized carbons (Fsp3) is 0.667. The number of nitrogens with one attached hydrogen (secondary N) is 1. The molecule has 0 bridgehead atoms. The number of carboxylic acids is 1. The molecule has 1 fully saturated rings. The topological polar surface area (TPSA) is 69.6 Å². The Bertz CT molecular complexity index is 370. The number of nitrogens with zero attached hydrogens (tertiary/aromatic N) is 1. The molecule has 2 N–H and O–H groups in total. The molecule has 94 valence electrons. The largest absolute Gasteiger partial charge is 0.480 e. The zero-order chi connectivity index (χ0) is 12.9. The zero-order valence-electron chi connectivity index (χ0n) is 10.2. The Kier molecular flexibility index (Phi) is 4.38. The summed E-state index contributed by atoms with van der Waals surface area (Å²) in [5.74, 6) is 4.63. The van der Waals surface area contributed by atoms with E-state index >= 15 is 0 Å². The lowest BCUT2D eigenvalue weighted by Crippen LogP contribution is -2.54. The number of carbonyl (C=O) groups excluding carboxylic acids is 1. The highest BCUT2D eigenvalue weighted by Crippen LogP contribution is 2.28. The molecule has 0 aromatic rings. The monoisotopic (exact) mass is 238 g/mol. The number of carboxylic acid groups (broad SMARTS) is 1. The van der Waals surface area contributed by atoms with E-state index in [2.05, 4.69) is 17.2 Å². The molecule has 1 aliphatic rings.